The van der Waals surface area contributed by atoms with Crippen molar-refractivity contribution in [2.45, 2.75) is 6.42 Å². The third-order valence-electron chi connectivity index (χ3n) is 3.70. The normalized spacial score (nSPS) is 16.5. The zero-order valence-corrected chi connectivity index (χ0v) is 12.6. The highest BCUT2D eigenvalue weighted by Gasteiger charge is 2.27. The Labute approximate surface area is 132 Å². The fraction of sp³-hybridized carbons (Fsp3) is 0.188. The number of fused-ring (bicyclic) bond motifs is 2. The van der Waals surface area contributed by atoms with E-state index in [0.29, 0.717) is 6.42 Å². The highest BCUT2D eigenvalue weighted by molar-refractivity contribution is 8.16. The number of rotatable bonds is 3. The quantitative estimate of drug-likeness (QED) is 0.947. The first-order valence-electron chi connectivity index (χ1n) is 7.12. The van der Waals surface area contributed by atoms with Crippen LogP contribution in [-0.2, 0) is 4.79 Å². The van der Waals surface area contributed by atoms with Crippen LogP contribution in [0.25, 0.3) is 10.9 Å². The number of amides is 1. The lowest BCUT2D eigenvalue weighted by Crippen LogP contribution is -2.24. The Morgan fingerprint density at radius 1 is 1.32 bits per heavy atom. The van der Waals surface area contributed by atoms with Gasteiger partial charge in [-0.1, -0.05) is 30.0 Å². The van der Waals surface area contributed by atoms with Gasteiger partial charge in [-0.25, -0.2) is 0 Å². The number of nitrogens with zero attached hydrogens (tertiary/aromatic N) is 3. The summed E-state index contributed by atoms with van der Waals surface area (Å²) >= 11 is 1.59. The van der Waals surface area contributed by atoms with Crippen molar-refractivity contribution >= 4 is 39.4 Å². The minimum absolute atomic E-state index is 0.0295. The van der Waals surface area contributed by atoms with Crippen LogP contribution >= 0.6 is 11.8 Å². The predicted molar refractivity (Wildman–Crippen MR) is 89.7 cm³/mol. The van der Waals surface area contributed by atoms with E-state index in [1.165, 1.54) is 0 Å². The lowest BCUT2D eigenvalue weighted by atomic mass is 10.2. The third-order valence-corrected chi connectivity index (χ3v) is 4.65. The van der Waals surface area contributed by atoms with Gasteiger partial charge in [0.2, 0.25) is 5.91 Å². The molecule has 1 aromatic carbocycles. The zero-order chi connectivity index (χ0) is 14.9. The average Bonchev–Trinajstić information content (AvgIpc) is 3.13. The third kappa shape index (κ3) is 2.35. The molecular formula is C16H14N4OS. The van der Waals surface area contributed by atoms with Gasteiger partial charge in [-0.3, -0.25) is 14.8 Å². The Kier molecular flexibility index (Phi) is 3.31. The molecule has 2 aromatic rings. The van der Waals surface area contributed by atoms with Crippen molar-refractivity contribution in [3.8, 4) is 0 Å². The van der Waals surface area contributed by atoms with Crippen LogP contribution in [-0.4, -0.2) is 34.0 Å². The Hall–Kier alpha value is -2.34. The monoisotopic (exact) mass is 310 g/mol. The molecule has 0 radical (unpaired) electrons. The van der Waals surface area contributed by atoms with E-state index in [1.54, 1.807) is 18.0 Å². The molecule has 2 aliphatic rings. The molecule has 0 saturated heterocycles. The average molecular weight is 310 g/mol. The first-order valence-corrected chi connectivity index (χ1v) is 8.00. The van der Waals surface area contributed by atoms with Gasteiger partial charge in [0.15, 0.2) is 5.17 Å². The number of aliphatic imine (C=N–C) groups is 1. The van der Waals surface area contributed by atoms with Gasteiger partial charge in [0, 0.05) is 23.8 Å². The predicted octanol–water partition coefficient (Wildman–Crippen LogP) is 2.82. The van der Waals surface area contributed by atoms with Gasteiger partial charge in [-0.05, 0) is 17.5 Å². The van der Waals surface area contributed by atoms with Crippen molar-refractivity contribution in [2.24, 2.45) is 4.99 Å². The van der Waals surface area contributed by atoms with Crippen molar-refractivity contribution in [3.63, 3.8) is 0 Å². The summed E-state index contributed by atoms with van der Waals surface area (Å²) in [5, 5.41) is 7.01. The standard InChI is InChI=1S/C16H14N4OS/c21-14(9-12-10-22-16-18-7-8-20(12)16)19-13-5-1-3-11-4-2-6-17-15(11)13/h1-6,10H,7-9H2,(H,19,21). The maximum Gasteiger partial charge on any atom is 0.230 e. The summed E-state index contributed by atoms with van der Waals surface area (Å²) in [6, 6.07) is 9.67. The van der Waals surface area contributed by atoms with Crippen molar-refractivity contribution in [1.29, 1.82) is 0 Å². The molecule has 110 valence electrons. The lowest BCUT2D eigenvalue weighted by Gasteiger charge is -2.16. The van der Waals surface area contributed by atoms with E-state index < -0.39 is 0 Å². The fourth-order valence-corrected chi connectivity index (χ4v) is 3.63. The van der Waals surface area contributed by atoms with Gasteiger partial charge in [0.05, 0.1) is 24.2 Å². The van der Waals surface area contributed by atoms with Gasteiger partial charge in [-0.2, -0.15) is 0 Å². The molecule has 1 amide bonds. The molecule has 0 atom stereocenters. The minimum Gasteiger partial charge on any atom is -0.324 e. The molecule has 6 heteroatoms. The number of thioether (sulfide) groups is 1. The number of pyridine rings is 1. The number of carbonyl (C=O) groups excluding carboxylic acids is 1. The number of nitrogens with one attached hydrogen (secondary N) is 1. The van der Waals surface area contributed by atoms with E-state index >= 15 is 0 Å². The van der Waals surface area contributed by atoms with Crippen LogP contribution in [0, 0.1) is 0 Å². The number of benzene rings is 1. The number of anilines is 1. The summed E-state index contributed by atoms with van der Waals surface area (Å²) < 4.78 is 0. The number of carbonyl (C=O) groups is 1. The van der Waals surface area contributed by atoms with Crippen LogP contribution in [0.2, 0.25) is 0 Å². The molecule has 5 nitrogen and oxygen atoms in total. The van der Waals surface area contributed by atoms with E-state index in [2.05, 4.69) is 20.2 Å². The first kappa shape index (κ1) is 13.3. The van der Waals surface area contributed by atoms with Crippen LogP contribution < -0.4 is 5.32 Å². The Bertz CT molecular complexity index is 809. The van der Waals surface area contributed by atoms with Crippen LogP contribution in [0.4, 0.5) is 5.69 Å². The lowest BCUT2D eigenvalue weighted by molar-refractivity contribution is -0.115. The van der Waals surface area contributed by atoms with E-state index in [4.69, 9.17) is 0 Å². The summed E-state index contributed by atoms with van der Waals surface area (Å²) in [4.78, 5) is 23.2. The van der Waals surface area contributed by atoms with Gasteiger partial charge in [0.1, 0.15) is 0 Å². The molecule has 0 aliphatic carbocycles. The topological polar surface area (TPSA) is 57.6 Å². The van der Waals surface area contributed by atoms with Gasteiger partial charge < -0.3 is 10.2 Å². The smallest absolute Gasteiger partial charge is 0.230 e. The van der Waals surface area contributed by atoms with E-state index in [0.717, 1.165) is 40.5 Å². The summed E-state index contributed by atoms with van der Waals surface area (Å²) in [5.74, 6) is -0.0295. The number of amidine groups is 1. The second-order valence-electron chi connectivity index (χ2n) is 5.15. The maximum atomic E-state index is 12.3. The van der Waals surface area contributed by atoms with Crippen molar-refractivity contribution in [1.82, 2.24) is 9.88 Å². The van der Waals surface area contributed by atoms with Crippen molar-refractivity contribution in [3.05, 3.63) is 47.6 Å². The SMILES string of the molecule is O=C(CC1=CSC2=NCCN12)Nc1cccc2cccnc12. The first-order chi connectivity index (χ1) is 10.8. The minimum atomic E-state index is -0.0295. The number of hydrogen-bond acceptors (Lipinski definition) is 5. The fourth-order valence-electron chi connectivity index (χ4n) is 2.68. The van der Waals surface area contributed by atoms with Crippen LogP contribution in [0.3, 0.4) is 0 Å². The molecule has 3 heterocycles. The molecular weight excluding hydrogens is 296 g/mol. The van der Waals surface area contributed by atoms with Gasteiger partial charge in [-0.15, -0.1) is 0 Å². The van der Waals surface area contributed by atoms with Crippen LogP contribution in [0.5, 0.6) is 0 Å². The van der Waals surface area contributed by atoms with E-state index in [1.807, 2.05) is 35.7 Å². The molecule has 1 N–H and O–H groups in total. The Balaban J connectivity index is 1.51. The Morgan fingerprint density at radius 2 is 2.23 bits per heavy atom. The van der Waals surface area contributed by atoms with Gasteiger partial charge >= 0.3 is 0 Å². The molecule has 4 rings (SSSR count). The molecule has 1 aromatic heterocycles. The van der Waals surface area contributed by atoms with Crippen LogP contribution in [0.15, 0.2) is 52.6 Å². The summed E-state index contributed by atoms with van der Waals surface area (Å²) in [5.41, 5.74) is 2.59. The molecule has 0 saturated carbocycles. The Morgan fingerprint density at radius 3 is 3.18 bits per heavy atom. The summed E-state index contributed by atoms with van der Waals surface area (Å²) in [7, 11) is 0. The highest BCUT2D eigenvalue weighted by Crippen LogP contribution is 2.31. The molecule has 0 bridgehead atoms. The van der Waals surface area contributed by atoms with Crippen LogP contribution in [0.1, 0.15) is 6.42 Å². The van der Waals surface area contributed by atoms with E-state index in [9.17, 15) is 4.79 Å². The molecule has 22 heavy (non-hydrogen) atoms. The highest BCUT2D eigenvalue weighted by atomic mass is 32.2. The van der Waals surface area contributed by atoms with Gasteiger partial charge in [0.25, 0.3) is 0 Å². The molecule has 2 aliphatic heterocycles. The van der Waals surface area contributed by atoms with Crippen molar-refractivity contribution < 1.29 is 4.79 Å². The number of hydrogen-bond donors (Lipinski definition) is 1. The summed E-state index contributed by atoms with van der Waals surface area (Å²) in [6.45, 7) is 1.69. The van der Waals surface area contributed by atoms with Crippen molar-refractivity contribution in [2.75, 3.05) is 18.4 Å². The second-order valence-corrected chi connectivity index (χ2v) is 5.99. The number of para-hydroxylation sites is 1. The largest absolute Gasteiger partial charge is 0.324 e. The zero-order valence-electron chi connectivity index (χ0n) is 11.8. The second kappa shape index (κ2) is 5.46. The summed E-state index contributed by atoms with van der Waals surface area (Å²) in [6.07, 6.45) is 2.09. The molecule has 0 unspecified atom stereocenters. The maximum absolute atomic E-state index is 12.3. The molecule has 0 spiro atoms. The molecule has 0 fully saturated rings. The number of aromatic nitrogens is 1. The van der Waals surface area contributed by atoms with E-state index in [-0.39, 0.29) is 5.91 Å².